The minimum absolute atomic E-state index is 0.00420. The van der Waals surface area contributed by atoms with Crippen molar-refractivity contribution in [3.05, 3.63) is 121 Å². The third-order valence-corrected chi connectivity index (χ3v) is 13.3. The number of aromatic nitrogens is 4. The Morgan fingerprint density at radius 3 is 2.02 bits per heavy atom. The van der Waals surface area contributed by atoms with E-state index in [1.165, 1.54) is 0 Å². The van der Waals surface area contributed by atoms with Crippen LogP contribution in [0.2, 0.25) is 0 Å². The summed E-state index contributed by atoms with van der Waals surface area (Å²) in [7, 11) is 3.91. The van der Waals surface area contributed by atoms with E-state index in [1.54, 1.807) is 18.1 Å². The fraction of sp³-hybridized carbons (Fsp3) is 0.375. The van der Waals surface area contributed by atoms with Gasteiger partial charge in [0.15, 0.2) is 0 Å². The van der Waals surface area contributed by atoms with E-state index in [0.717, 1.165) is 75.1 Å². The highest BCUT2D eigenvalue weighted by atomic mass is 16.7. The number of quaternary nitrogens is 1. The summed E-state index contributed by atoms with van der Waals surface area (Å²) in [5, 5.41) is 28.2. The third kappa shape index (κ3) is 7.77. The first-order chi connectivity index (χ1) is 29.6. The number of imidazole rings is 2. The molecule has 3 N–H and O–H groups in total. The number of rotatable bonds is 11. The average Bonchev–Trinajstić information content (AvgIpc) is 4.14. The molecule has 6 aromatic rings. The fourth-order valence-corrected chi connectivity index (χ4v) is 9.90. The largest absolute Gasteiger partial charge is 0.494 e. The molecule has 0 bridgehead atoms. The number of nitrogens with one attached hydrogen (secondary N) is 2. The van der Waals surface area contributed by atoms with Crippen LogP contribution in [0.4, 0.5) is 4.79 Å². The number of benzene rings is 4. The lowest BCUT2D eigenvalue weighted by atomic mass is 9.92. The average molecular weight is 823 g/mol. The lowest BCUT2D eigenvalue weighted by molar-refractivity contribution is -1.16. The van der Waals surface area contributed by atoms with Crippen molar-refractivity contribution in [1.82, 2.24) is 34.7 Å². The van der Waals surface area contributed by atoms with E-state index in [-0.39, 0.29) is 23.9 Å². The number of carboxylic acid groups (broad SMARTS) is 1. The van der Waals surface area contributed by atoms with Crippen molar-refractivity contribution in [2.45, 2.75) is 69.6 Å². The van der Waals surface area contributed by atoms with Gasteiger partial charge in [0.2, 0.25) is 5.91 Å². The number of nitrogens with zero attached hydrogens (tertiary/aromatic N) is 6. The summed E-state index contributed by atoms with van der Waals surface area (Å²) >= 11 is 0. The molecule has 0 saturated carbocycles. The van der Waals surface area contributed by atoms with Crippen molar-refractivity contribution in [3.8, 4) is 33.6 Å². The number of aromatic amines is 2. The van der Waals surface area contributed by atoms with Crippen LogP contribution in [-0.4, -0.2) is 103 Å². The molecular weight excluding hydrogens is 769 g/mol. The van der Waals surface area contributed by atoms with Gasteiger partial charge in [-0.1, -0.05) is 83.6 Å². The molecule has 13 heteroatoms. The summed E-state index contributed by atoms with van der Waals surface area (Å²) in [6.07, 6.45) is 6.73. The summed E-state index contributed by atoms with van der Waals surface area (Å²) in [5.41, 5.74) is 6.89. The highest BCUT2D eigenvalue weighted by Gasteiger charge is 2.52. The van der Waals surface area contributed by atoms with Crippen molar-refractivity contribution < 1.29 is 29.4 Å². The van der Waals surface area contributed by atoms with Crippen molar-refractivity contribution in [3.63, 3.8) is 0 Å². The molecule has 3 saturated heterocycles. The van der Waals surface area contributed by atoms with E-state index in [2.05, 4.69) is 70.6 Å². The van der Waals surface area contributed by atoms with E-state index in [1.807, 2.05) is 60.4 Å². The Labute approximate surface area is 356 Å². The molecule has 3 fully saturated rings. The quantitative estimate of drug-likeness (QED) is 0.0679. The van der Waals surface area contributed by atoms with Crippen molar-refractivity contribution >= 4 is 22.8 Å². The topological polar surface area (TPSA) is 154 Å². The molecule has 5 heterocycles. The molecule has 5 atom stereocenters. The number of fused-ring (bicyclic) bond motifs is 1. The molecular formula is C48H54N8O5. The second kappa shape index (κ2) is 17.0. The lowest BCUT2D eigenvalue weighted by Gasteiger charge is -2.45. The van der Waals surface area contributed by atoms with Gasteiger partial charge in [-0.15, -0.1) is 5.01 Å². The van der Waals surface area contributed by atoms with E-state index in [9.17, 15) is 19.9 Å². The molecule has 2 aromatic heterocycles. The Bertz CT molecular complexity index is 2500. The number of H-pyrrole nitrogens is 2. The molecule has 0 aliphatic carbocycles. The second-order valence-corrected chi connectivity index (χ2v) is 17.1. The number of hydroxylamine groups is 2. The number of carbonyl (C=O) groups excluding carboxylic acids is 2. The van der Waals surface area contributed by atoms with Gasteiger partial charge >= 0.3 is 6.09 Å². The normalized spacial score (nSPS) is 20.9. The Morgan fingerprint density at radius 1 is 0.770 bits per heavy atom. The first kappa shape index (κ1) is 40.7. The highest BCUT2D eigenvalue weighted by Crippen LogP contribution is 2.40. The molecule has 0 spiro atoms. The van der Waals surface area contributed by atoms with Gasteiger partial charge in [0.1, 0.15) is 29.8 Å². The van der Waals surface area contributed by atoms with Gasteiger partial charge in [-0.05, 0) is 105 Å². The Hall–Kier alpha value is -5.70. The zero-order valence-electron chi connectivity index (χ0n) is 35.0. The zero-order valence-corrected chi connectivity index (χ0v) is 35.0. The number of likely N-dealkylation sites (tertiary alicyclic amines) is 1. The summed E-state index contributed by atoms with van der Waals surface area (Å²) in [5.74, 6) is 1.53. The summed E-state index contributed by atoms with van der Waals surface area (Å²) in [6.45, 7) is 4.03. The molecule has 13 nitrogen and oxygen atoms in total. The number of hydrogen-bond acceptors (Lipinski definition) is 9. The Morgan fingerprint density at radius 2 is 1.34 bits per heavy atom. The fourth-order valence-electron chi connectivity index (χ4n) is 9.90. The predicted molar refractivity (Wildman–Crippen MR) is 230 cm³/mol. The van der Waals surface area contributed by atoms with Crippen LogP contribution in [0, 0.1) is 5.92 Å². The van der Waals surface area contributed by atoms with Crippen LogP contribution in [-0.2, 0) is 9.53 Å². The van der Waals surface area contributed by atoms with Crippen LogP contribution in [0.15, 0.2) is 103 Å². The van der Waals surface area contributed by atoms with Crippen LogP contribution in [0.1, 0.15) is 80.8 Å². The number of ether oxygens (including phenoxy) is 1. The zero-order chi connectivity index (χ0) is 42.3. The third-order valence-electron chi connectivity index (χ3n) is 13.3. The summed E-state index contributed by atoms with van der Waals surface area (Å²) in [4.78, 5) is 47.1. The molecule has 4 aromatic carbocycles. The minimum atomic E-state index is -1.52. The maximum absolute atomic E-state index is 14.0. The molecule has 9 rings (SSSR count). The number of likely N-dealkylation sites (N-methyl/N-ethyl adjacent to an activating group) is 1. The molecule has 61 heavy (non-hydrogen) atoms. The minimum Gasteiger partial charge on any atom is -0.494 e. The second-order valence-electron chi connectivity index (χ2n) is 17.1. The maximum Gasteiger partial charge on any atom is 0.313 e. The molecule has 2 amide bonds. The monoisotopic (exact) mass is 822 g/mol. The van der Waals surface area contributed by atoms with Gasteiger partial charge in [-0.25, -0.2) is 9.97 Å². The van der Waals surface area contributed by atoms with Crippen LogP contribution in [0.25, 0.3) is 44.4 Å². The highest BCUT2D eigenvalue weighted by molar-refractivity contribution is 5.90. The van der Waals surface area contributed by atoms with Crippen molar-refractivity contribution in [1.29, 1.82) is 0 Å². The van der Waals surface area contributed by atoms with Gasteiger partial charge in [0.25, 0.3) is 0 Å². The molecule has 3 aliphatic heterocycles. The van der Waals surface area contributed by atoms with Gasteiger partial charge in [0, 0.05) is 31.2 Å². The van der Waals surface area contributed by atoms with Gasteiger partial charge in [-0.2, -0.15) is 5.21 Å². The molecule has 3 unspecified atom stereocenters. The van der Waals surface area contributed by atoms with E-state index in [0.29, 0.717) is 51.4 Å². The van der Waals surface area contributed by atoms with Gasteiger partial charge < -0.3 is 29.5 Å². The van der Waals surface area contributed by atoms with E-state index >= 15 is 0 Å². The van der Waals surface area contributed by atoms with Crippen LogP contribution in [0.3, 0.4) is 0 Å². The van der Waals surface area contributed by atoms with E-state index in [4.69, 9.17) is 14.7 Å². The smallest absolute Gasteiger partial charge is 0.313 e. The Kier molecular flexibility index (Phi) is 11.3. The molecule has 316 valence electrons. The van der Waals surface area contributed by atoms with Crippen molar-refractivity contribution in [2.75, 3.05) is 40.4 Å². The summed E-state index contributed by atoms with van der Waals surface area (Å²) < 4.78 is 4.24. The lowest BCUT2D eigenvalue weighted by Crippen LogP contribution is -2.70. The SMILES string of the molecule is CC(C1CCOCC1)[N+](O)(C(=O)[O-])N1CCC[C@H]1c1ncc(-c2ccc(-c3ccc4cc(-c5cnc([C@@H]6CCCN6C(=O)C(c6ccccc6)N(C)C)[nH]5)ccc4c3)cc2)[nH]1. The Balaban J connectivity index is 0.883. The molecule has 0 radical (unpaired) electrons. The van der Waals surface area contributed by atoms with Gasteiger partial charge in [-0.3, -0.25) is 9.69 Å². The number of carbonyl (C=O) groups is 2. The van der Waals surface area contributed by atoms with Crippen molar-refractivity contribution in [2.24, 2.45) is 5.92 Å². The first-order valence-corrected chi connectivity index (χ1v) is 21.5. The number of hydrogen-bond donors (Lipinski definition) is 3. The van der Waals surface area contributed by atoms with Crippen LogP contribution < -0.4 is 5.11 Å². The van der Waals surface area contributed by atoms with Crippen LogP contribution >= 0.6 is 0 Å². The number of amides is 2. The maximum atomic E-state index is 14.0. The van der Waals surface area contributed by atoms with Crippen LogP contribution in [0.5, 0.6) is 0 Å². The predicted octanol–water partition coefficient (Wildman–Crippen LogP) is 7.67. The first-order valence-electron chi connectivity index (χ1n) is 21.5. The standard InChI is InChI=1S/C48H54N8O5/c1-31(32-21-25-61-26-22-32)56(60,48(58)59)55-24-8-12-43(55)46-50-29-40(51-46)34-15-13-33(14-16-34)36-17-18-38-28-39(20-19-37(38)27-36)41-30-49-45(52-41)42-11-7-23-54(42)47(57)44(53(2)3)35-9-5-4-6-10-35/h4-6,9-10,13-20,27-32,42-44,60H,7-8,11-12,21-26H2,1-3H3,(H2-,49,50,51,52,58,59)/t31?,42-,43-,44?,56?/m0/s1. The molecule has 3 aliphatic rings. The van der Waals surface area contributed by atoms with E-state index < -0.39 is 22.9 Å². The van der Waals surface area contributed by atoms with Gasteiger partial charge in [0.05, 0.1) is 36.4 Å². The summed E-state index contributed by atoms with van der Waals surface area (Å²) in [6, 6.07) is 29.7.